The first-order chi connectivity index (χ1) is 13.3. The predicted molar refractivity (Wildman–Crippen MR) is 106 cm³/mol. The summed E-state index contributed by atoms with van der Waals surface area (Å²) in [4.78, 5) is 9.81. The van der Waals surface area contributed by atoms with Gasteiger partial charge in [0.15, 0.2) is 11.5 Å². The summed E-state index contributed by atoms with van der Waals surface area (Å²) >= 11 is 0. The SMILES string of the molecule is COc1ccc(CCON=C(c2ccccc2)c2cccnc2)cc1OC. The second kappa shape index (κ2) is 9.38. The molecule has 0 spiro atoms. The summed E-state index contributed by atoms with van der Waals surface area (Å²) in [5.74, 6) is 1.42. The van der Waals surface area contributed by atoms with E-state index in [0.29, 0.717) is 24.5 Å². The van der Waals surface area contributed by atoms with Crippen molar-refractivity contribution in [2.75, 3.05) is 20.8 Å². The lowest BCUT2D eigenvalue weighted by Crippen LogP contribution is -2.06. The average molecular weight is 362 g/mol. The zero-order valence-electron chi connectivity index (χ0n) is 15.5. The quantitative estimate of drug-likeness (QED) is 0.344. The van der Waals surface area contributed by atoms with E-state index in [4.69, 9.17) is 14.3 Å². The van der Waals surface area contributed by atoms with Gasteiger partial charge in [-0.1, -0.05) is 41.6 Å². The molecule has 0 aliphatic rings. The van der Waals surface area contributed by atoms with Crippen LogP contribution in [0.5, 0.6) is 11.5 Å². The molecular weight excluding hydrogens is 340 g/mol. The van der Waals surface area contributed by atoms with Gasteiger partial charge >= 0.3 is 0 Å². The molecule has 3 rings (SSSR count). The second-order valence-electron chi connectivity index (χ2n) is 5.82. The molecule has 0 saturated heterocycles. The first-order valence-electron chi connectivity index (χ1n) is 8.68. The van der Waals surface area contributed by atoms with Crippen molar-refractivity contribution in [1.29, 1.82) is 0 Å². The third-order valence-electron chi connectivity index (χ3n) is 4.07. The number of hydrogen-bond donors (Lipinski definition) is 0. The van der Waals surface area contributed by atoms with Gasteiger partial charge in [-0.25, -0.2) is 0 Å². The minimum Gasteiger partial charge on any atom is -0.493 e. The van der Waals surface area contributed by atoms with Gasteiger partial charge in [-0.3, -0.25) is 4.98 Å². The molecule has 0 amide bonds. The van der Waals surface area contributed by atoms with Crippen LogP contribution in [0.4, 0.5) is 0 Å². The summed E-state index contributed by atoms with van der Waals surface area (Å²) in [5, 5.41) is 4.38. The Kier molecular flexibility index (Phi) is 6.41. The molecule has 1 heterocycles. The van der Waals surface area contributed by atoms with Crippen LogP contribution >= 0.6 is 0 Å². The Hall–Kier alpha value is -3.34. The summed E-state index contributed by atoms with van der Waals surface area (Å²) in [6.45, 7) is 0.450. The second-order valence-corrected chi connectivity index (χ2v) is 5.82. The standard InChI is InChI=1S/C22H22N2O3/c1-25-20-11-10-17(15-21(20)26-2)12-14-27-24-22(18-7-4-3-5-8-18)19-9-6-13-23-16-19/h3-11,13,15-16H,12,14H2,1-2H3. The molecule has 0 fully saturated rings. The summed E-state index contributed by atoms with van der Waals surface area (Å²) in [5.41, 5.74) is 3.74. The molecule has 5 heteroatoms. The molecule has 3 aromatic rings. The monoisotopic (exact) mass is 362 g/mol. The van der Waals surface area contributed by atoms with Crippen LogP contribution in [0, 0.1) is 0 Å². The number of pyridine rings is 1. The number of rotatable bonds is 8. The first-order valence-corrected chi connectivity index (χ1v) is 8.68. The van der Waals surface area contributed by atoms with Crippen LogP contribution in [0.1, 0.15) is 16.7 Å². The molecule has 27 heavy (non-hydrogen) atoms. The van der Waals surface area contributed by atoms with Crippen molar-refractivity contribution in [3.8, 4) is 11.5 Å². The predicted octanol–water partition coefficient (Wildman–Crippen LogP) is 4.11. The molecule has 5 nitrogen and oxygen atoms in total. The van der Waals surface area contributed by atoms with Gasteiger partial charge in [-0.05, 0) is 29.8 Å². The Labute approximate surface area is 159 Å². The fourth-order valence-corrected chi connectivity index (χ4v) is 2.68. The van der Waals surface area contributed by atoms with E-state index in [2.05, 4.69) is 10.1 Å². The maximum Gasteiger partial charge on any atom is 0.160 e. The summed E-state index contributed by atoms with van der Waals surface area (Å²) in [7, 11) is 3.25. The number of oxime groups is 1. The zero-order valence-corrected chi connectivity index (χ0v) is 15.5. The van der Waals surface area contributed by atoms with Crippen molar-refractivity contribution in [2.24, 2.45) is 5.16 Å². The van der Waals surface area contributed by atoms with Gasteiger partial charge in [0.1, 0.15) is 12.3 Å². The van der Waals surface area contributed by atoms with E-state index in [1.54, 1.807) is 26.6 Å². The Morgan fingerprint density at radius 3 is 2.37 bits per heavy atom. The van der Waals surface area contributed by atoms with Crippen LogP contribution in [0.15, 0.2) is 78.2 Å². The molecule has 0 bridgehead atoms. The molecule has 0 saturated carbocycles. The Balaban J connectivity index is 1.71. The fraction of sp³-hybridized carbons (Fsp3) is 0.182. The summed E-state index contributed by atoms with van der Waals surface area (Å²) in [6.07, 6.45) is 4.23. The van der Waals surface area contributed by atoms with Crippen LogP contribution in [0.3, 0.4) is 0 Å². The molecule has 0 aliphatic carbocycles. The van der Waals surface area contributed by atoms with Crippen LogP contribution in [-0.2, 0) is 11.3 Å². The van der Waals surface area contributed by atoms with Gasteiger partial charge < -0.3 is 14.3 Å². The van der Waals surface area contributed by atoms with E-state index < -0.39 is 0 Å². The van der Waals surface area contributed by atoms with E-state index in [1.165, 1.54) is 0 Å². The molecule has 0 unspecified atom stereocenters. The van der Waals surface area contributed by atoms with Gasteiger partial charge in [-0.15, -0.1) is 0 Å². The lowest BCUT2D eigenvalue weighted by molar-refractivity contribution is 0.148. The largest absolute Gasteiger partial charge is 0.493 e. The normalized spacial score (nSPS) is 11.1. The van der Waals surface area contributed by atoms with E-state index in [0.717, 1.165) is 22.4 Å². The minimum absolute atomic E-state index is 0.450. The minimum atomic E-state index is 0.450. The van der Waals surface area contributed by atoms with Crippen LogP contribution in [0.2, 0.25) is 0 Å². The number of nitrogens with zero attached hydrogens (tertiary/aromatic N) is 2. The van der Waals surface area contributed by atoms with Crippen molar-refractivity contribution >= 4 is 5.71 Å². The smallest absolute Gasteiger partial charge is 0.160 e. The number of methoxy groups -OCH3 is 2. The van der Waals surface area contributed by atoms with Gasteiger partial charge in [0, 0.05) is 29.9 Å². The van der Waals surface area contributed by atoms with Crippen LogP contribution in [0.25, 0.3) is 0 Å². The highest BCUT2D eigenvalue weighted by molar-refractivity contribution is 6.12. The van der Waals surface area contributed by atoms with Gasteiger partial charge in [0.25, 0.3) is 0 Å². The first kappa shape index (κ1) is 18.5. The van der Waals surface area contributed by atoms with Crippen molar-refractivity contribution < 1.29 is 14.3 Å². The van der Waals surface area contributed by atoms with Crippen molar-refractivity contribution in [2.45, 2.75) is 6.42 Å². The zero-order chi connectivity index (χ0) is 18.9. The van der Waals surface area contributed by atoms with Gasteiger partial charge in [0.2, 0.25) is 0 Å². The van der Waals surface area contributed by atoms with E-state index >= 15 is 0 Å². The molecule has 0 atom stereocenters. The highest BCUT2D eigenvalue weighted by Gasteiger charge is 2.08. The Morgan fingerprint density at radius 2 is 1.67 bits per heavy atom. The average Bonchev–Trinajstić information content (AvgIpc) is 2.74. The lowest BCUT2D eigenvalue weighted by atomic mass is 10.0. The van der Waals surface area contributed by atoms with Gasteiger partial charge in [0.05, 0.1) is 14.2 Å². The molecule has 138 valence electrons. The molecule has 1 aromatic heterocycles. The summed E-state index contributed by atoms with van der Waals surface area (Å²) in [6, 6.07) is 19.6. The highest BCUT2D eigenvalue weighted by atomic mass is 16.6. The number of hydrogen-bond acceptors (Lipinski definition) is 5. The molecule has 2 aromatic carbocycles. The fourth-order valence-electron chi connectivity index (χ4n) is 2.68. The molecule has 0 N–H and O–H groups in total. The van der Waals surface area contributed by atoms with Crippen molar-refractivity contribution in [3.63, 3.8) is 0 Å². The van der Waals surface area contributed by atoms with E-state index in [1.807, 2.05) is 60.7 Å². The van der Waals surface area contributed by atoms with Crippen molar-refractivity contribution in [3.05, 3.63) is 89.7 Å². The number of ether oxygens (including phenoxy) is 2. The number of aromatic nitrogens is 1. The topological polar surface area (TPSA) is 52.9 Å². The summed E-state index contributed by atoms with van der Waals surface area (Å²) < 4.78 is 10.6. The van der Waals surface area contributed by atoms with Crippen LogP contribution < -0.4 is 9.47 Å². The number of benzene rings is 2. The molecule has 0 radical (unpaired) electrons. The van der Waals surface area contributed by atoms with Gasteiger partial charge in [-0.2, -0.15) is 0 Å². The van der Waals surface area contributed by atoms with E-state index in [9.17, 15) is 0 Å². The van der Waals surface area contributed by atoms with E-state index in [-0.39, 0.29) is 0 Å². The van der Waals surface area contributed by atoms with Crippen LogP contribution in [-0.4, -0.2) is 31.5 Å². The lowest BCUT2D eigenvalue weighted by Gasteiger charge is -2.10. The maximum absolute atomic E-state index is 5.63. The Bertz CT molecular complexity index is 839. The highest BCUT2D eigenvalue weighted by Crippen LogP contribution is 2.27. The molecule has 0 aliphatic heterocycles. The molecular formula is C22H22N2O3. The third-order valence-corrected chi connectivity index (χ3v) is 4.07. The van der Waals surface area contributed by atoms with Crippen molar-refractivity contribution in [1.82, 2.24) is 4.98 Å². The maximum atomic E-state index is 5.63. The third kappa shape index (κ3) is 4.85. The Morgan fingerprint density at radius 1 is 0.889 bits per heavy atom.